The largest absolute Gasteiger partial charge is 0.507 e. The minimum absolute atomic E-state index is 0.0978. The van der Waals surface area contributed by atoms with E-state index in [0.717, 1.165) is 56.6 Å². The second-order valence-electron chi connectivity index (χ2n) is 10.3. The summed E-state index contributed by atoms with van der Waals surface area (Å²) < 4.78 is 17.1. The number of nitrogens with zero attached hydrogens (tertiary/aromatic N) is 2. The maximum atomic E-state index is 13.4. The van der Waals surface area contributed by atoms with Crippen LogP contribution in [0.25, 0.3) is 5.76 Å². The molecule has 0 radical (unpaired) electrons. The van der Waals surface area contributed by atoms with Crippen LogP contribution in [-0.2, 0) is 14.3 Å². The van der Waals surface area contributed by atoms with Crippen LogP contribution in [0.2, 0.25) is 0 Å². The molecule has 2 aliphatic rings. The third-order valence-electron chi connectivity index (χ3n) is 7.31. The first kappa shape index (κ1) is 29.6. The Morgan fingerprint density at radius 2 is 1.65 bits per heavy atom. The number of likely N-dealkylation sites (tertiary alicyclic amines) is 1. The van der Waals surface area contributed by atoms with Crippen molar-refractivity contribution in [2.75, 3.05) is 52.6 Å². The molecule has 2 fully saturated rings. The van der Waals surface area contributed by atoms with Crippen LogP contribution in [-0.4, -0.2) is 79.2 Å². The Bertz CT molecular complexity index is 1160. The zero-order chi connectivity index (χ0) is 28.3. The van der Waals surface area contributed by atoms with Gasteiger partial charge in [-0.25, -0.2) is 0 Å². The number of benzene rings is 2. The van der Waals surface area contributed by atoms with Gasteiger partial charge in [0.15, 0.2) is 0 Å². The van der Waals surface area contributed by atoms with Crippen molar-refractivity contribution in [2.45, 2.75) is 52.0 Å². The van der Waals surface area contributed by atoms with Crippen molar-refractivity contribution in [3.8, 4) is 11.5 Å². The lowest BCUT2D eigenvalue weighted by Crippen LogP contribution is -2.38. The molecule has 2 aromatic rings. The van der Waals surface area contributed by atoms with Crippen LogP contribution in [0.1, 0.15) is 63.1 Å². The number of unbranched alkanes of at least 4 members (excludes halogenated alkanes) is 2. The van der Waals surface area contributed by atoms with Crippen LogP contribution in [0, 0.1) is 0 Å². The Balaban J connectivity index is 1.62. The number of carbonyl (C=O) groups is 2. The first-order valence-electron chi connectivity index (χ1n) is 14.6. The smallest absolute Gasteiger partial charge is 0.295 e. The molecular weight excluding hydrogens is 508 g/mol. The molecule has 2 saturated heterocycles. The fraction of sp³-hybridized carbons (Fsp3) is 0.500. The molecule has 0 spiro atoms. The lowest BCUT2D eigenvalue weighted by molar-refractivity contribution is -0.140. The van der Waals surface area contributed by atoms with Gasteiger partial charge in [0.2, 0.25) is 0 Å². The third kappa shape index (κ3) is 7.43. The van der Waals surface area contributed by atoms with E-state index in [9.17, 15) is 14.7 Å². The summed E-state index contributed by atoms with van der Waals surface area (Å²) >= 11 is 0. The lowest BCUT2D eigenvalue weighted by Gasteiger charge is -2.29. The summed E-state index contributed by atoms with van der Waals surface area (Å²) in [7, 11) is 0. The number of morpholine rings is 1. The number of rotatable bonds is 14. The predicted octanol–water partition coefficient (Wildman–Crippen LogP) is 5.19. The number of aliphatic hydroxyl groups is 1. The van der Waals surface area contributed by atoms with Crippen molar-refractivity contribution >= 4 is 17.4 Å². The van der Waals surface area contributed by atoms with Gasteiger partial charge in [-0.1, -0.05) is 51.0 Å². The minimum Gasteiger partial charge on any atom is -0.507 e. The number of ketones is 1. The highest BCUT2D eigenvalue weighted by Gasteiger charge is 2.45. The quantitative estimate of drug-likeness (QED) is 0.150. The number of aliphatic hydroxyl groups excluding tert-OH is 1. The van der Waals surface area contributed by atoms with Crippen LogP contribution < -0.4 is 9.47 Å². The van der Waals surface area contributed by atoms with E-state index in [1.807, 2.05) is 37.3 Å². The summed E-state index contributed by atoms with van der Waals surface area (Å²) in [6.45, 7) is 9.70. The van der Waals surface area contributed by atoms with Crippen molar-refractivity contribution < 1.29 is 28.9 Å². The van der Waals surface area contributed by atoms with Gasteiger partial charge in [-0.05, 0) is 49.1 Å². The highest BCUT2D eigenvalue weighted by atomic mass is 16.5. The van der Waals surface area contributed by atoms with Crippen molar-refractivity contribution in [2.24, 2.45) is 0 Å². The maximum absolute atomic E-state index is 13.4. The molecule has 0 saturated carbocycles. The molecule has 1 unspecified atom stereocenters. The Morgan fingerprint density at radius 1 is 0.900 bits per heavy atom. The number of ether oxygens (including phenoxy) is 3. The molecule has 4 rings (SSSR count). The van der Waals surface area contributed by atoms with Gasteiger partial charge in [-0.3, -0.25) is 14.5 Å². The van der Waals surface area contributed by atoms with Crippen LogP contribution in [0.5, 0.6) is 11.5 Å². The molecule has 1 atom stereocenters. The van der Waals surface area contributed by atoms with Crippen molar-refractivity contribution in [3.05, 3.63) is 65.2 Å². The number of carbonyl (C=O) groups excluding carboxylic acids is 2. The van der Waals surface area contributed by atoms with Crippen LogP contribution in [0.4, 0.5) is 0 Å². The SMILES string of the molecule is CCCCCOc1ccc(C2C(=C(O)c3cccc(OCCC)c3)C(=O)C(=O)N2CCCN2CCOCC2)cc1. The third-order valence-corrected chi connectivity index (χ3v) is 7.31. The second-order valence-corrected chi connectivity index (χ2v) is 10.3. The number of Topliss-reactive ketones (excluding diaryl/α,β-unsaturated/α-hetero) is 1. The molecule has 2 heterocycles. The van der Waals surface area contributed by atoms with E-state index in [2.05, 4.69) is 11.8 Å². The molecule has 0 bridgehead atoms. The first-order chi connectivity index (χ1) is 19.5. The Kier molecular flexibility index (Phi) is 11.0. The van der Waals surface area contributed by atoms with Gasteiger partial charge in [0.05, 0.1) is 38.0 Å². The summed E-state index contributed by atoms with van der Waals surface area (Å²) in [5.74, 6) is -0.113. The molecule has 0 aliphatic carbocycles. The van der Waals surface area contributed by atoms with E-state index in [1.54, 1.807) is 23.1 Å². The number of amides is 1. The molecule has 2 aromatic carbocycles. The average molecular weight is 551 g/mol. The summed E-state index contributed by atoms with van der Waals surface area (Å²) in [5, 5.41) is 11.4. The summed E-state index contributed by atoms with van der Waals surface area (Å²) in [6, 6.07) is 13.8. The predicted molar refractivity (Wildman–Crippen MR) is 155 cm³/mol. The molecule has 8 nitrogen and oxygen atoms in total. The molecule has 8 heteroatoms. The normalized spacial score (nSPS) is 19.2. The van der Waals surface area contributed by atoms with Gasteiger partial charge in [0, 0.05) is 31.7 Å². The Hall–Kier alpha value is -3.36. The number of hydrogen-bond acceptors (Lipinski definition) is 7. The standard InChI is InChI=1S/C32H42N2O6/c1-3-5-6-20-40-26-13-11-24(12-14-26)29-28(30(35)25-9-7-10-27(23-25)39-19-4-2)31(36)32(37)34(29)16-8-15-33-17-21-38-22-18-33/h7,9-14,23,29,35H,3-6,8,15-22H2,1-2H3. The fourth-order valence-electron chi connectivity index (χ4n) is 5.14. The average Bonchev–Trinajstić information content (AvgIpc) is 3.24. The topological polar surface area (TPSA) is 88.5 Å². The summed E-state index contributed by atoms with van der Waals surface area (Å²) in [5.41, 5.74) is 1.30. The van der Waals surface area contributed by atoms with Crippen LogP contribution in [0.3, 0.4) is 0 Å². The maximum Gasteiger partial charge on any atom is 0.295 e. The van der Waals surface area contributed by atoms with E-state index in [-0.39, 0.29) is 11.3 Å². The van der Waals surface area contributed by atoms with Crippen molar-refractivity contribution in [1.82, 2.24) is 9.80 Å². The minimum atomic E-state index is -0.695. The van der Waals surface area contributed by atoms with E-state index < -0.39 is 17.7 Å². The van der Waals surface area contributed by atoms with E-state index in [0.29, 0.717) is 50.7 Å². The molecule has 40 heavy (non-hydrogen) atoms. The van der Waals surface area contributed by atoms with E-state index in [1.165, 1.54) is 0 Å². The van der Waals surface area contributed by atoms with E-state index in [4.69, 9.17) is 14.2 Å². The highest BCUT2D eigenvalue weighted by Crippen LogP contribution is 2.40. The van der Waals surface area contributed by atoms with Gasteiger partial charge < -0.3 is 24.2 Å². The summed E-state index contributed by atoms with van der Waals surface area (Å²) in [6.07, 6.45) is 4.79. The number of hydrogen-bond donors (Lipinski definition) is 1. The molecule has 0 aromatic heterocycles. The Labute approximate surface area is 237 Å². The highest BCUT2D eigenvalue weighted by molar-refractivity contribution is 6.46. The fourth-order valence-corrected chi connectivity index (χ4v) is 5.14. The van der Waals surface area contributed by atoms with Crippen LogP contribution in [0.15, 0.2) is 54.1 Å². The van der Waals surface area contributed by atoms with Gasteiger partial charge in [0.25, 0.3) is 11.7 Å². The molecular formula is C32H42N2O6. The van der Waals surface area contributed by atoms with Gasteiger partial charge in [-0.2, -0.15) is 0 Å². The molecule has 2 aliphatic heterocycles. The van der Waals surface area contributed by atoms with Crippen LogP contribution >= 0.6 is 0 Å². The van der Waals surface area contributed by atoms with Crippen molar-refractivity contribution in [3.63, 3.8) is 0 Å². The van der Waals surface area contributed by atoms with Gasteiger partial charge in [-0.15, -0.1) is 0 Å². The zero-order valence-electron chi connectivity index (χ0n) is 23.8. The molecule has 216 valence electrons. The first-order valence-corrected chi connectivity index (χ1v) is 14.6. The summed E-state index contributed by atoms with van der Waals surface area (Å²) in [4.78, 5) is 30.7. The Morgan fingerprint density at radius 3 is 2.38 bits per heavy atom. The second kappa shape index (κ2) is 14.9. The van der Waals surface area contributed by atoms with E-state index >= 15 is 0 Å². The van der Waals surface area contributed by atoms with Gasteiger partial charge in [0.1, 0.15) is 17.3 Å². The molecule has 1 amide bonds. The lowest BCUT2D eigenvalue weighted by atomic mass is 9.95. The zero-order valence-corrected chi connectivity index (χ0v) is 23.8. The molecule has 1 N–H and O–H groups in total. The van der Waals surface area contributed by atoms with Gasteiger partial charge >= 0.3 is 0 Å². The monoisotopic (exact) mass is 550 g/mol. The van der Waals surface area contributed by atoms with Crippen molar-refractivity contribution in [1.29, 1.82) is 0 Å².